The molecule has 0 spiro atoms. The smallest absolute Gasteiger partial charge is 0.251 e. The number of hydrogen-bond donors (Lipinski definition) is 1. The van der Waals surface area contributed by atoms with Gasteiger partial charge in [-0.1, -0.05) is 12.1 Å². The lowest BCUT2D eigenvalue weighted by molar-refractivity contribution is 0.0937. The van der Waals surface area contributed by atoms with Crippen LogP contribution in [0.25, 0.3) is 11.3 Å². The van der Waals surface area contributed by atoms with Gasteiger partial charge in [-0.2, -0.15) is 0 Å². The Hall–Kier alpha value is -3.00. The summed E-state index contributed by atoms with van der Waals surface area (Å²) in [5, 5.41) is 11.0. The average molecular weight is 354 g/mol. The number of aromatic nitrogens is 5. The normalized spacial score (nSPS) is 12.1. The lowest BCUT2D eigenvalue weighted by atomic mass is 10.1. The number of nitrogens with one attached hydrogen (secondary N) is 1. The Bertz CT molecular complexity index is 868. The molecule has 0 saturated carbocycles. The van der Waals surface area contributed by atoms with Crippen LogP contribution in [0.4, 0.5) is 0 Å². The van der Waals surface area contributed by atoms with E-state index in [4.69, 9.17) is 4.74 Å². The van der Waals surface area contributed by atoms with Gasteiger partial charge in [-0.15, -0.1) is 10.2 Å². The van der Waals surface area contributed by atoms with Crippen molar-refractivity contribution in [2.45, 2.75) is 19.5 Å². The van der Waals surface area contributed by atoms with E-state index in [0.29, 0.717) is 24.5 Å². The van der Waals surface area contributed by atoms with E-state index < -0.39 is 0 Å². The molecular formula is C18H22N6O2. The monoisotopic (exact) mass is 354 g/mol. The molecule has 0 aliphatic rings. The van der Waals surface area contributed by atoms with Crippen LogP contribution in [-0.4, -0.2) is 43.9 Å². The van der Waals surface area contributed by atoms with E-state index in [9.17, 15) is 4.79 Å². The lowest BCUT2D eigenvalue weighted by Gasteiger charge is -2.15. The van der Waals surface area contributed by atoms with Gasteiger partial charge in [0.05, 0.1) is 30.9 Å². The van der Waals surface area contributed by atoms with Crippen molar-refractivity contribution in [2.24, 2.45) is 7.05 Å². The van der Waals surface area contributed by atoms with Gasteiger partial charge >= 0.3 is 0 Å². The summed E-state index contributed by atoms with van der Waals surface area (Å²) in [5.74, 6) is 0.539. The molecule has 8 nitrogen and oxygen atoms in total. The van der Waals surface area contributed by atoms with E-state index in [1.807, 2.05) is 35.2 Å². The third kappa shape index (κ3) is 3.80. The SMILES string of the molecule is COCCn1cnnc1[C@H](C)NC(=O)c1ccc(-c2cncn2C)cc1. The van der Waals surface area contributed by atoms with E-state index in [0.717, 1.165) is 11.3 Å². The highest BCUT2D eigenvalue weighted by molar-refractivity contribution is 5.94. The van der Waals surface area contributed by atoms with E-state index in [2.05, 4.69) is 20.5 Å². The molecule has 2 heterocycles. The minimum atomic E-state index is -0.265. The Morgan fingerprint density at radius 1 is 1.27 bits per heavy atom. The summed E-state index contributed by atoms with van der Waals surface area (Å²) in [5.41, 5.74) is 2.59. The second kappa shape index (κ2) is 7.92. The summed E-state index contributed by atoms with van der Waals surface area (Å²) in [7, 11) is 3.58. The molecule has 2 aromatic heterocycles. The second-order valence-corrected chi connectivity index (χ2v) is 6.04. The van der Waals surface area contributed by atoms with Crippen LogP contribution < -0.4 is 5.32 Å². The molecule has 3 rings (SSSR count). The van der Waals surface area contributed by atoms with Crippen LogP contribution in [-0.2, 0) is 18.3 Å². The third-order valence-corrected chi connectivity index (χ3v) is 4.18. The van der Waals surface area contributed by atoms with Crippen LogP contribution in [0.5, 0.6) is 0 Å². The molecule has 1 aromatic carbocycles. The fraction of sp³-hybridized carbons (Fsp3) is 0.333. The Labute approximate surface area is 151 Å². The first-order valence-corrected chi connectivity index (χ1v) is 8.34. The maximum Gasteiger partial charge on any atom is 0.251 e. The van der Waals surface area contributed by atoms with Gasteiger partial charge in [0.25, 0.3) is 5.91 Å². The molecule has 26 heavy (non-hydrogen) atoms. The predicted molar refractivity (Wildman–Crippen MR) is 96.4 cm³/mol. The fourth-order valence-corrected chi connectivity index (χ4v) is 2.73. The van der Waals surface area contributed by atoms with Crippen LogP contribution in [0.3, 0.4) is 0 Å². The maximum absolute atomic E-state index is 12.5. The van der Waals surface area contributed by atoms with Gasteiger partial charge in [0, 0.05) is 26.3 Å². The number of aryl methyl sites for hydroxylation is 1. The summed E-state index contributed by atoms with van der Waals surface area (Å²) in [4.78, 5) is 16.6. The maximum atomic E-state index is 12.5. The second-order valence-electron chi connectivity index (χ2n) is 6.04. The van der Waals surface area contributed by atoms with Gasteiger partial charge in [-0.3, -0.25) is 4.79 Å². The highest BCUT2D eigenvalue weighted by Gasteiger charge is 2.17. The van der Waals surface area contributed by atoms with E-state index in [1.54, 1.807) is 38.1 Å². The molecule has 0 aliphatic heterocycles. The van der Waals surface area contributed by atoms with Crippen molar-refractivity contribution >= 4 is 5.91 Å². The first-order chi connectivity index (χ1) is 12.6. The Morgan fingerprint density at radius 2 is 2.04 bits per heavy atom. The number of carbonyl (C=O) groups is 1. The molecule has 0 bridgehead atoms. The number of amides is 1. The van der Waals surface area contributed by atoms with Crippen LogP contribution in [0.1, 0.15) is 29.1 Å². The van der Waals surface area contributed by atoms with Gasteiger partial charge in [0.15, 0.2) is 5.82 Å². The number of benzene rings is 1. The van der Waals surface area contributed by atoms with Crippen LogP contribution in [0, 0.1) is 0 Å². The Kier molecular flexibility index (Phi) is 5.43. The molecule has 3 aromatic rings. The third-order valence-electron chi connectivity index (χ3n) is 4.18. The summed E-state index contributed by atoms with van der Waals surface area (Å²) < 4.78 is 8.89. The topological polar surface area (TPSA) is 86.9 Å². The van der Waals surface area contributed by atoms with Crippen LogP contribution in [0.2, 0.25) is 0 Å². The quantitative estimate of drug-likeness (QED) is 0.699. The largest absolute Gasteiger partial charge is 0.383 e. The molecule has 1 N–H and O–H groups in total. The molecule has 0 aliphatic carbocycles. The zero-order chi connectivity index (χ0) is 18.5. The number of hydrogen-bond acceptors (Lipinski definition) is 5. The van der Waals surface area contributed by atoms with Crippen LogP contribution >= 0.6 is 0 Å². The van der Waals surface area contributed by atoms with Gasteiger partial charge in [-0.05, 0) is 24.6 Å². The number of rotatable bonds is 7. The first-order valence-electron chi connectivity index (χ1n) is 8.34. The molecule has 1 atom stereocenters. The Balaban J connectivity index is 1.68. The molecule has 1 amide bonds. The fourth-order valence-electron chi connectivity index (χ4n) is 2.73. The van der Waals surface area contributed by atoms with Gasteiger partial charge in [-0.25, -0.2) is 4.98 Å². The summed E-state index contributed by atoms with van der Waals surface area (Å²) in [6.07, 6.45) is 5.18. The standard InChI is InChI=1S/C18H22N6O2/c1-13(17-22-20-12-24(17)8-9-26-3)21-18(25)15-6-4-14(5-7-15)16-10-19-11-23(16)2/h4-7,10-13H,8-9H2,1-3H3,(H,21,25)/t13-/m0/s1. The van der Waals surface area contributed by atoms with Crippen molar-refractivity contribution < 1.29 is 9.53 Å². The van der Waals surface area contributed by atoms with E-state index in [-0.39, 0.29) is 11.9 Å². The zero-order valence-electron chi connectivity index (χ0n) is 15.1. The van der Waals surface area contributed by atoms with Crippen molar-refractivity contribution in [3.8, 4) is 11.3 Å². The van der Waals surface area contributed by atoms with Gasteiger partial charge < -0.3 is 19.2 Å². The number of methoxy groups -OCH3 is 1. The van der Waals surface area contributed by atoms with E-state index in [1.165, 1.54) is 0 Å². The minimum Gasteiger partial charge on any atom is -0.383 e. The molecule has 8 heteroatoms. The molecule has 0 unspecified atom stereocenters. The van der Waals surface area contributed by atoms with Crippen molar-refractivity contribution in [2.75, 3.05) is 13.7 Å². The molecule has 0 fully saturated rings. The average Bonchev–Trinajstić information content (AvgIpc) is 3.28. The number of nitrogens with zero attached hydrogens (tertiary/aromatic N) is 5. The molecule has 136 valence electrons. The summed E-state index contributed by atoms with van der Waals surface area (Å²) in [6.45, 7) is 3.08. The number of ether oxygens (including phenoxy) is 1. The summed E-state index contributed by atoms with van der Waals surface area (Å²) >= 11 is 0. The lowest BCUT2D eigenvalue weighted by Crippen LogP contribution is -2.29. The minimum absolute atomic E-state index is 0.157. The van der Waals surface area contributed by atoms with Crippen molar-refractivity contribution in [1.29, 1.82) is 0 Å². The number of imidazole rings is 1. The van der Waals surface area contributed by atoms with Crippen LogP contribution in [0.15, 0.2) is 43.1 Å². The highest BCUT2D eigenvalue weighted by atomic mass is 16.5. The van der Waals surface area contributed by atoms with Crippen molar-refractivity contribution in [3.63, 3.8) is 0 Å². The first kappa shape index (κ1) is 17.8. The van der Waals surface area contributed by atoms with Crippen molar-refractivity contribution in [1.82, 2.24) is 29.6 Å². The van der Waals surface area contributed by atoms with Gasteiger partial charge in [0.2, 0.25) is 0 Å². The Morgan fingerprint density at radius 3 is 2.69 bits per heavy atom. The van der Waals surface area contributed by atoms with Crippen molar-refractivity contribution in [3.05, 3.63) is 54.5 Å². The van der Waals surface area contributed by atoms with E-state index >= 15 is 0 Å². The van der Waals surface area contributed by atoms with Gasteiger partial charge in [0.1, 0.15) is 6.33 Å². The predicted octanol–water partition coefficient (Wildman–Crippen LogP) is 1.82. The molecule has 0 radical (unpaired) electrons. The molecule has 0 saturated heterocycles. The molecular weight excluding hydrogens is 332 g/mol. The zero-order valence-corrected chi connectivity index (χ0v) is 15.1. The number of carbonyl (C=O) groups excluding carboxylic acids is 1. The summed E-state index contributed by atoms with van der Waals surface area (Å²) in [6, 6.07) is 7.17. The highest BCUT2D eigenvalue weighted by Crippen LogP contribution is 2.19.